The number of hydrogen-bond acceptors (Lipinski definition) is 2. The summed E-state index contributed by atoms with van der Waals surface area (Å²) in [7, 11) is 2.07. The summed E-state index contributed by atoms with van der Waals surface area (Å²) < 4.78 is 0. The molecular formula is C8H14N2S. The first-order valence-electron chi connectivity index (χ1n) is 3.74. The Morgan fingerprint density at radius 3 is 3.00 bits per heavy atom. The zero-order valence-electron chi connectivity index (χ0n) is 6.75. The largest absolute Gasteiger partial charge is 0.367 e. The van der Waals surface area contributed by atoms with Crippen LogP contribution in [0.3, 0.4) is 0 Å². The summed E-state index contributed by atoms with van der Waals surface area (Å²) in [5.41, 5.74) is 1.36. The maximum absolute atomic E-state index is 4.16. The second kappa shape index (κ2) is 4.46. The summed E-state index contributed by atoms with van der Waals surface area (Å²) in [6, 6.07) is 2.10. The van der Waals surface area contributed by atoms with Gasteiger partial charge < -0.3 is 4.98 Å². The van der Waals surface area contributed by atoms with Crippen LogP contribution in [-0.4, -0.2) is 29.4 Å². The lowest BCUT2D eigenvalue weighted by Crippen LogP contribution is -2.19. The van der Waals surface area contributed by atoms with E-state index in [4.69, 9.17) is 0 Å². The van der Waals surface area contributed by atoms with Crippen LogP contribution in [0.1, 0.15) is 5.56 Å². The van der Waals surface area contributed by atoms with Gasteiger partial charge in [-0.2, -0.15) is 12.6 Å². The summed E-state index contributed by atoms with van der Waals surface area (Å²) >= 11 is 4.16. The molecule has 1 aromatic heterocycles. The van der Waals surface area contributed by atoms with Crippen LogP contribution in [0.5, 0.6) is 0 Å². The van der Waals surface area contributed by atoms with E-state index in [-0.39, 0.29) is 0 Å². The van der Waals surface area contributed by atoms with Crippen molar-refractivity contribution in [2.75, 3.05) is 19.5 Å². The number of nitrogens with zero attached hydrogens (tertiary/aromatic N) is 1. The Kier molecular flexibility index (Phi) is 3.52. The fraction of sp³-hybridized carbons (Fsp3) is 0.500. The van der Waals surface area contributed by atoms with Crippen LogP contribution in [0.4, 0.5) is 0 Å². The first-order valence-corrected chi connectivity index (χ1v) is 4.37. The van der Waals surface area contributed by atoms with Gasteiger partial charge in [0.2, 0.25) is 0 Å². The second-order valence-corrected chi connectivity index (χ2v) is 2.97. The number of aromatic nitrogens is 1. The van der Waals surface area contributed by atoms with E-state index in [0.717, 1.165) is 18.8 Å². The smallest absolute Gasteiger partial charge is 0.0411 e. The van der Waals surface area contributed by atoms with E-state index in [1.165, 1.54) is 5.56 Å². The minimum absolute atomic E-state index is 0.824. The Bertz CT molecular complexity index is 184. The van der Waals surface area contributed by atoms with Crippen molar-refractivity contribution in [2.24, 2.45) is 0 Å². The summed E-state index contributed by atoms with van der Waals surface area (Å²) in [6.07, 6.45) is 5.09. The van der Waals surface area contributed by atoms with E-state index < -0.39 is 0 Å². The van der Waals surface area contributed by atoms with Gasteiger partial charge >= 0.3 is 0 Å². The van der Waals surface area contributed by atoms with Gasteiger partial charge in [0, 0.05) is 24.8 Å². The molecule has 0 amide bonds. The molecule has 1 rings (SSSR count). The zero-order chi connectivity index (χ0) is 8.10. The molecule has 62 valence electrons. The lowest BCUT2D eigenvalue weighted by atomic mass is 10.2. The summed E-state index contributed by atoms with van der Waals surface area (Å²) in [5, 5.41) is 0. The van der Waals surface area contributed by atoms with Crippen LogP contribution >= 0.6 is 12.6 Å². The van der Waals surface area contributed by atoms with Crippen molar-refractivity contribution in [1.82, 2.24) is 9.88 Å². The number of rotatable bonds is 4. The van der Waals surface area contributed by atoms with Crippen LogP contribution in [0.15, 0.2) is 18.5 Å². The van der Waals surface area contributed by atoms with Crippen molar-refractivity contribution in [3.05, 3.63) is 24.0 Å². The predicted molar refractivity (Wildman–Crippen MR) is 51.0 cm³/mol. The normalized spacial score (nSPS) is 10.8. The Morgan fingerprint density at radius 1 is 1.64 bits per heavy atom. The standard InChI is InChI=1S/C8H14N2S/c1-10(7-11)5-3-8-2-4-9-6-8/h2,4,6,9,11H,3,5,7H2,1H3. The molecule has 0 aliphatic heterocycles. The highest BCUT2D eigenvalue weighted by Gasteiger charge is 1.95. The summed E-state index contributed by atoms with van der Waals surface area (Å²) in [5.74, 6) is 0.824. The number of likely N-dealkylation sites (N-methyl/N-ethyl adjacent to an activating group) is 1. The molecule has 0 bridgehead atoms. The zero-order valence-corrected chi connectivity index (χ0v) is 7.64. The maximum Gasteiger partial charge on any atom is 0.0411 e. The summed E-state index contributed by atoms with van der Waals surface area (Å²) in [4.78, 5) is 5.21. The molecule has 0 unspecified atom stereocenters. The van der Waals surface area contributed by atoms with Gasteiger partial charge in [-0.15, -0.1) is 0 Å². The summed E-state index contributed by atoms with van der Waals surface area (Å²) in [6.45, 7) is 1.07. The molecular weight excluding hydrogens is 156 g/mol. The molecule has 1 N–H and O–H groups in total. The van der Waals surface area contributed by atoms with Gasteiger partial charge in [-0.25, -0.2) is 0 Å². The first kappa shape index (κ1) is 8.68. The molecule has 3 heteroatoms. The van der Waals surface area contributed by atoms with Gasteiger partial charge in [0.1, 0.15) is 0 Å². The third-order valence-electron chi connectivity index (χ3n) is 1.69. The van der Waals surface area contributed by atoms with E-state index in [0.29, 0.717) is 0 Å². The minimum Gasteiger partial charge on any atom is -0.367 e. The van der Waals surface area contributed by atoms with Crippen molar-refractivity contribution in [3.63, 3.8) is 0 Å². The molecule has 1 heterocycles. The fourth-order valence-corrected chi connectivity index (χ4v) is 1.05. The van der Waals surface area contributed by atoms with Crippen molar-refractivity contribution in [2.45, 2.75) is 6.42 Å². The van der Waals surface area contributed by atoms with Crippen LogP contribution in [0.25, 0.3) is 0 Å². The molecule has 0 fully saturated rings. The number of nitrogens with one attached hydrogen (secondary N) is 1. The number of H-pyrrole nitrogens is 1. The highest BCUT2D eigenvalue weighted by atomic mass is 32.1. The molecule has 0 aliphatic carbocycles. The van der Waals surface area contributed by atoms with Gasteiger partial charge in [-0.05, 0) is 25.1 Å². The molecule has 0 spiro atoms. The Labute approximate surface area is 73.0 Å². The lowest BCUT2D eigenvalue weighted by Gasteiger charge is -2.11. The fourth-order valence-electron chi connectivity index (χ4n) is 0.905. The van der Waals surface area contributed by atoms with E-state index in [2.05, 4.69) is 35.6 Å². The number of thiol groups is 1. The van der Waals surface area contributed by atoms with E-state index in [1.54, 1.807) is 0 Å². The molecule has 0 saturated carbocycles. The number of hydrogen-bond donors (Lipinski definition) is 2. The van der Waals surface area contributed by atoms with Gasteiger partial charge in [0.05, 0.1) is 0 Å². The molecule has 1 aromatic rings. The number of aromatic amines is 1. The SMILES string of the molecule is CN(CS)CCc1cc[nH]c1. The third kappa shape index (κ3) is 2.99. The average molecular weight is 170 g/mol. The van der Waals surface area contributed by atoms with Crippen LogP contribution in [0.2, 0.25) is 0 Å². The molecule has 0 aromatic carbocycles. The van der Waals surface area contributed by atoms with Gasteiger partial charge in [-0.1, -0.05) is 0 Å². The quantitative estimate of drug-likeness (QED) is 0.516. The highest BCUT2D eigenvalue weighted by molar-refractivity contribution is 7.80. The lowest BCUT2D eigenvalue weighted by molar-refractivity contribution is 0.399. The Balaban J connectivity index is 2.23. The van der Waals surface area contributed by atoms with Gasteiger partial charge in [0.15, 0.2) is 0 Å². The Hall–Kier alpha value is -0.410. The van der Waals surface area contributed by atoms with Crippen molar-refractivity contribution < 1.29 is 0 Å². The molecule has 0 aliphatic rings. The van der Waals surface area contributed by atoms with Crippen molar-refractivity contribution in [1.29, 1.82) is 0 Å². The van der Waals surface area contributed by atoms with Gasteiger partial charge in [-0.3, -0.25) is 4.90 Å². The topological polar surface area (TPSA) is 19.0 Å². The van der Waals surface area contributed by atoms with E-state index >= 15 is 0 Å². The molecule has 2 nitrogen and oxygen atoms in total. The minimum atomic E-state index is 0.824. The van der Waals surface area contributed by atoms with E-state index in [9.17, 15) is 0 Å². The second-order valence-electron chi connectivity index (χ2n) is 2.69. The van der Waals surface area contributed by atoms with Crippen LogP contribution < -0.4 is 0 Å². The van der Waals surface area contributed by atoms with Crippen LogP contribution in [0, 0.1) is 0 Å². The molecule has 11 heavy (non-hydrogen) atoms. The van der Waals surface area contributed by atoms with E-state index in [1.807, 2.05) is 12.4 Å². The van der Waals surface area contributed by atoms with Crippen LogP contribution in [-0.2, 0) is 6.42 Å². The first-order chi connectivity index (χ1) is 5.33. The highest BCUT2D eigenvalue weighted by Crippen LogP contribution is 1.98. The molecule has 0 radical (unpaired) electrons. The van der Waals surface area contributed by atoms with Crippen molar-refractivity contribution >= 4 is 12.6 Å². The third-order valence-corrected chi connectivity index (χ3v) is 2.17. The monoisotopic (exact) mass is 170 g/mol. The molecule has 0 atom stereocenters. The average Bonchev–Trinajstić information content (AvgIpc) is 2.52. The Morgan fingerprint density at radius 2 is 2.45 bits per heavy atom. The van der Waals surface area contributed by atoms with Gasteiger partial charge in [0.25, 0.3) is 0 Å². The maximum atomic E-state index is 4.16. The van der Waals surface area contributed by atoms with Crippen molar-refractivity contribution in [3.8, 4) is 0 Å². The predicted octanol–water partition coefficient (Wildman–Crippen LogP) is 1.38. The molecule has 0 saturated heterocycles.